The maximum absolute atomic E-state index is 11.8. The van der Waals surface area contributed by atoms with E-state index in [2.05, 4.69) is 22.9 Å². The molecule has 0 amide bonds. The minimum atomic E-state index is -3.47. The number of hydrogen-bond acceptors (Lipinski definition) is 5. The molecule has 1 atom stereocenters. The van der Waals surface area contributed by atoms with Crippen LogP contribution in [0.1, 0.15) is 25.7 Å². The molecule has 0 aromatic heterocycles. The van der Waals surface area contributed by atoms with Gasteiger partial charge in [-0.25, -0.2) is 3.11 Å². The first-order valence-electron chi connectivity index (χ1n) is 5.19. The quantitative estimate of drug-likeness (QED) is 0.428. The number of Topliss-reactive ketones (excluding diaryl/α,β-unsaturated/α-hetero) is 1. The molecular weight excluding hydrogens is 345 g/mol. The fraction of sp³-hybridized carbons (Fsp3) is 0.889. The molecule has 1 unspecified atom stereocenters. The van der Waals surface area contributed by atoms with E-state index in [9.17, 15) is 13.2 Å². The van der Waals surface area contributed by atoms with E-state index in [1.807, 2.05) is 3.11 Å². The van der Waals surface area contributed by atoms with Gasteiger partial charge in [-0.15, -0.1) is 0 Å². The lowest BCUT2D eigenvalue weighted by Gasteiger charge is -2.26. The van der Waals surface area contributed by atoms with Crippen molar-refractivity contribution >= 4 is 38.8 Å². The highest BCUT2D eigenvalue weighted by Crippen LogP contribution is 2.18. The first kappa shape index (κ1) is 14.3. The molecule has 1 rings (SSSR count). The first-order valence-corrected chi connectivity index (χ1v) is 7.98. The van der Waals surface area contributed by atoms with E-state index in [4.69, 9.17) is 4.18 Å². The van der Waals surface area contributed by atoms with Crippen LogP contribution in [0.15, 0.2) is 0 Å². The van der Waals surface area contributed by atoms with Crippen molar-refractivity contribution in [3.8, 4) is 0 Å². The van der Waals surface area contributed by atoms with Crippen LogP contribution in [-0.2, 0) is 19.1 Å². The average Bonchev–Trinajstić information content (AvgIpc) is 2.13. The van der Waals surface area contributed by atoms with Gasteiger partial charge in [-0.05, 0) is 12.8 Å². The third kappa shape index (κ3) is 5.07. The summed E-state index contributed by atoms with van der Waals surface area (Å²) in [6, 6.07) is -0.435. The Morgan fingerprint density at radius 1 is 1.44 bits per heavy atom. The lowest BCUT2D eigenvalue weighted by atomic mass is 10.0. The minimum absolute atomic E-state index is 0.0674. The minimum Gasteiger partial charge on any atom is -0.298 e. The Morgan fingerprint density at radius 3 is 2.75 bits per heavy atom. The molecule has 0 aromatic carbocycles. The molecule has 1 aliphatic rings. The molecule has 1 heterocycles. The van der Waals surface area contributed by atoms with Gasteiger partial charge in [0.05, 0.1) is 12.9 Å². The van der Waals surface area contributed by atoms with E-state index in [0.717, 1.165) is 32.1 Å². The monoisotopic (exact) mass is 361 g/mol. The van der Waals surface area contributed by atoms with Crippen molar-refractivity contribution in [1.29, 1.82) is 0 Å². The topological polar surface area (TPSA) is 63.7 Å². The van der Waals surface area contributed by atoms with E-state index >= 15 is 0 Å². The lowest BCUT2D eigenvalue weighted by molar-refractivity contribution is -0.123. The van der Waals surface area contributed by atoms with Gasteiger partial charge in [0, 0.05) is 35.8 Å². The van der Waals surface area contributed by atoms with Crippen LogP contribution >= 0.6 is 22.9 Å². The summed E-state index contributed by atoms with van der Waals surface area (Å²) in [5, 5.41) is 0. The van der Waals surface area contributed by atoms with Gasteiger partial charge in [0.1, 0.15) is 6.04 Å². The van der Waals surface area contributed by atoms with Crippen molar-refractivity contribution in [2.75, 3.05) is 19.4 Å². The van der Waals surface area contributed by atoms with Gasteiger partial charge in [0.2, 0.25) is 0 Å². The molecule has 0 N–H and O–H groups in total. The lowest BCUT2D eigenvalue weighted by Crippen LogP contribution is -2.40. The van der Waals surface area contributed by atoms with E-state index in [-0.39, 0.29) is 12.4 Å². The summed E-state index contributed by atoms with van der Waals surface area (Å²) < 4.78 is 28.3. The third-order valence-corrected chi connectivity index (χ3v) is 4.16. The van der Waals surface area contributed by atoms with Crippen LogP contribution in [0.5, 0.6) is 0 Å². The number of ketones is 1. The smallest absolute Gasteiger partial charge is 0.264 e. The summed E-state index contributed by atoms with van der Waals surface area (Å²) >= 11 is 2.07. The predicted octanol–water partition coefficient (Wildman–Crippen LogP) is 1.13. The summed E-state index contributed by atoms with van der Waals surface area (Å²) in [5.41, 5.74) is 0. The predicted molar refractivity (Wildman–Crippen MR) is 68.8 cm³/mol. The van der Waals surface area contributed by atoms with E-state index in [0.29, 0.717) is 6.42 Å². The van der Waals surface area contributed by atoms with E-state index < -0.39 is 16.2 Å². The largest absolute Gasteiger partial charge is 0.298 e. The Morgan fingerprint density at radius 2 is 2.12 bits per heavy atom. The standard InChI is InChI=1S/C9H16INO4S/c1-16(13,14)15-7-8-9(12)5-3-2-4-6-11(8)10/h8H,2-7H2,1H3. The normalized spacial score (nSPS) is 25.1. The van der Waals surface area contributed by atoms with E-state index in [1.54, 1.807) is 0 Å². The first-order chi connectivity index (χ1) is 7.40. The molecule has 1 aliphatic heterocycles. The molecule has 1 saturated heterocycles. The van der Waals surface area contributed by atoms with Crippen LogP contribution in [0.4, 0.5) is 0 Å². The molecule has 0 saturated carbocycles. The van der Waals surface area contributed by atoms with Crippen molar-refractivity contribution in [3.05, 3.63) is 0 Å². The maximum Gasteiger partial charge on any atom is 0.264 e. The molecule has 7 heteroatoms. The summed E-state index contributed by atoms with van der Waals surface area (Å²) in [5.74, 6) is 0.0674. The highest BCUT2D eigenvalue weighted by Gasteiger charge is 2.26. The van der Waals surface area contributed by atoms with Gasteiger partial charge in [-0.3, -0.25) is 8.98 Å². The second kappa shape index (κ2) is 6.27. The molecule has 0 spiro atoms. The van der Waals surface area contributed by atoms with Gasteiger partial charge in [-0.1, -0.05) is 6.42 Å². The van der Waals surface area contributed by atoms with Gasteiger partial charge >= 0.3 is 0 Å². The molecular formula is C9H16INO4S. The molecule has 0 bridgehead atoms. The summed E-state index contributed by atoms with van der Waals surface area (Å²) in [6.07, 6.45) is 4.48. The van der Waals surface area contributed by atoms with Crippen molar-refractivity contribution in [3.63, 3.8) is 0 Å². The number of nitrogens with zero attached hydrogens (tertiary/aromatic N) is 1. The van der Waals surface area contributed by atoms with Crippen molar-refractivity contribution in [2.45, 2.75) is 31.7 Å². The Hall–Kier alpha value is 0.270. The van der Waals surface area contributed by atoms with Gasteiger partial charge < -0.3 is 0 Å². The highest BCUT2D eigenvalue weighted by molar-refractivity contribution is 14.1. The molecule has 16 heavy (non-hydrogen) atoms. The van der Waals surface area contributed by atoms with Crippen LogP contribution in [0.2, 0.25) is 0 Å². The Kier molecular flexibility index (Phi) is 5.62. The molecule has 0 aromatic rings. The summed E-state index contributed by atoms with van der Waals surface area (Å²) in [6.45, 7) is 0.727. The van der Waals surface area contributed by atoms with Crippen LogP contribution in [-0.4, -0.2) is 42.8 Å². The second-order valence-corrected chi connectivity index (χ2v) is 6.79. The number of carbonyl (C=O) groups is 1. The third-order valence-electron chi connectivity index (χ3n) is 2.44. The zero-order valence-corrected chi connectivity index (χ0v) is 12.2. The zero-order chi connectivity index (χ0) is 12.2. The molecule has 94 valence electrons. The summed E-state index contributed by atoms with van der Waals surface area (Å²) in [7, 11) is -3.47. The van der Waals surface area contributed by atoms with Crippen LogP contribution in [0.3, 0.4) is 0 Å². The number of hydrogen-bond donors (Lipinski definition) is 0. The van der Waals surface area contributed by atoms with Crippen molar-refractivity contribution < 1.29 is 17.4 Å². The number of rotatable bonds is 3. The molecule has 0 radical (unpaired) electrons. The van der Waals surface area contributed by atoms with Crippen LogP contribution in [0, 0.1) is 0 Å². The average molecular weight is 361 g/mol. The van der Waals surface area contributed by atoms with Gasteiger partial charge in [-0.2, -0.15) is 8.42 Å². The second-order valence-electron chi connectivity index (χ2n) is 3.90. The molecule has 5 nitrogen and oxygen atoms in total. The van der Waals surface area contributed by atoms with Crippen LogP contribution in [0.25, 0.3) is 0 Å². The maximum atomic E-state index is 11.8. The fourth-order valence-corrected chi connectivity index (χ4v) is 2.77. The van der Waals surface area contributed by atoms with Gasteiger partial charge in [0.25, 0.3) is 10.1 Å². The fourth-order valence-electron chi connectivity index (χ4n) is 1.58. The van der Waals surface area contributed by atoms with Crippen LogP contribution < -0.4 is 0 Å². The van der Waals surface area contributed by atoms with Crippen molar-refractivity contribution in [2.24, 2.45) is 0 Å². The van der Waals surface area contributed by atoms with E-state index in [1.165, 1.54) is 0 Å². The Labute approximate surface area is 110 Å². The highest BCUT2D eigenvalue weighted by atomic mass is 127. The molecule has 0 aliphatic carbocycles. The zero-order valence-electron chi connectivity index (χ0n) is 9.19. The Balaban J connectivity index is 2.60. The number of carbonyl (C=O) groups excluding carboxylic acids is 1. The van der Waals surface area contributed by atoms with Crippen molar-refractivity contribution in [1.82, 2.24) is 3.11 Å². The summed E-state index contributed by atoms with van der Waals surface area (Å²) in [4.78, 5) is 11.8. The van der Waals surface area contributed by atoms with Gasteiger partial charge in [0.15, 0.2) is 5.78 Å². The SMILES string of the molecule is CS(=O)(=O)OCC1C(=O)CCCCCN1I. The number of halogens is 1. The molecule has 1 fully saturated rings. The Bertz CT molecular complexity index is 343.